The lowest BCUT2D eigenvalue weighted by atomic mass is 9.86. The maximum atomic E-state index is 5.84. The number of aliphatic imine (C=N–C) groups is 1. The Balaban J connectivity index is 0.00000420. The van der Waals surface area contributed by atoms with Gasteiger partial charge in [0.05, 0.1) is 0 Å². The van der Waals surface area contributed by atoms with Crippen LogP contribution in [0.2, 0.25) is 0 Å². The van der Waals surface area contributed by atoms with Gasteiger partial charge in [-0.1, -0.05) is 44.2 Å². The fraction of sp³-hybridized carbons (Fsp3) is 0.696. The lowest BCUT2D eigenvalue weighted by molar-refractivity contribution is 0.0203. The molecule has 1 heterocycles. The Morgan fingerprint density at radius 2 is 1.90 bits per heavy atom. The predicted octanol–water partition coefficient (Wildman–Crippen LogP) is 4.26. The summed E-state index contributed by atoms with van der Waals surface area (Å²) in [6, 6.07) is 10.6. The van der Waals surface area contributed by atoms with Crippen LogP contribution >= 0.6 is 24.0 Å². The van der Waals surface area contributed by atoms with E-state index in [0.717, 1.165) is 77.7 Å². The van der Waals surface area contributed by atoms with Crippen LogP contribution in [-0.4, -0.2) is 52.0 Å². The van der Waals surface area contributed by atoms with Gasteiger partial charge in [0.1, 0.15) is 0 Å². The average molecular weight is 517 g/mol. The van der Waals surface area contributed by atoms with Crippen molar-refractivity contribution < 1.29 is 9.47 Å². The van der Waals surface area contributed by atoms with Gasteiger partial charge in [-0.2, -0.15) is 0 Å². The molecule has 0 spiro atoms. The summed E-state index contributed by atoms with van der Waals surface area (Å²) in [6.07, 6.45) is 4.28. The van der Waals surface area contributed by atoms with Gasteiger partial charge in [0.2, 0.25) is 0 Å². The van der Waals surface area contributed by atoms with E-state index in [-0.39, 0.29) is 29.4 Å². The largest absolute Gasteiger partial charge is 0.381 e. The smallest absolute Gasteiger partial charge is 0.191 e. The van der Waals surface area contributed by atoms with Gasteiger partial charge >= 0.3 is 0 Å². The number of nitrogens with zero attached hydrogens (tertiary/aromatic N) is 1. The minimum atomic E-state index is 0. The van der Waals surface area contributed by atoms with Crippen molar-refractivity contribution in [3.8, 4) is 0 Å². The first-order valence-corrected chi connectivity index (χ1v) is 10.8. The molecule has 0 aliphatic carbocycles. The molecule has 0 saturated carbocycles. The minimum Gasteiger partial charge on any atom is -0.381 e. The van der Waals surface area contributed by atoms with E-state index >= 15 is 0 Å². The zero-order valence-electron chi connectivity index (χ0n) is 18.4. The number of nitrogens with one attached hydrogen (secondary N) is 2. The Kier molecular flexibility index (Phi) is 13.6. The van der Waals surface area contributed by atoms with Crippen LogP contribution < -0.4 is 10.6 Å². The van der Waals surface area contributed by atoms with Crippen LogP contribution in [0, 0.1) is 11.3 Å². The third-order valence-electron chi connectivity index (χ3n) is 4.99. The Bertz CT molecular complexity index is 561. The molecule has 1 saturated heterocycles. The molecule has 1 aromatic carbocycles. The highest BCUT2D eigenvalue weighted by atomic mass is 127. The van der Waals surface area contributed by atoms with Gasteiger partial charge in [-0.05, 0) is 49.5 Å². The second-order valence-corrected chi connectivity index (χ2v) is 8.43. The molecule has 1 aliphatic heterocycles. The van der Waals surface area contributed by atoms with Crippen molar-refractivity contribution in [1.82, 2.24) is 10.6 Å². The third-order valence-corrected chi connectivity index (χ3v) is 4.99. The van der Waals surface area contributed by atoms with Crippen molar-refractivity contribution in [3.63, 3.8) is 0 Å². The van der Waals surface area contributed by atoms with Crippen LogP contribution in [0.1, 0.15) is 45.6 Å². The number of halogens is 1. The van der Waals surface area contributed by atoms with Gasteiger partial charge in [-0.25, -0.2) is 0 Å². The maximum absolute atomic E-state index is 5.84. The van der Waals surface area contributed by atoms with E-state index in [1.165, 1.54) is 5.56 Å². The summed E-state index contributed by atoms with van der Waals surface area (Å²) in [5.41, 5.74) is 1.48. The zero-order valence-corrected chi connectivity index (χ0v) is 20.7. The van der Waals surface area contributed by atoms with E-state index in [1.54, 1.807) is 0 Å². The van der Waals surface area contributed by atoms with Gasteiger partial charge < -0.3 is 20.1 Å². The summed E-state index contributed by atoms with van der Waals surface area (Å²) in [5.74, 6) is 1.57. The van der Waals surface area contributed by atoms with Crippen LogP contribution in [0.3, 0.4) is 0 Å². The molecule has 0 amide bonds. The molecule has 1 aliphatic rings. The van der Waals surface area contributed by atoms with Crippen LogP contribution in [0.4, 0.5) is 0 Å². The molecule has 1 fully saturated rings. The molecule has 0 bridgehead atoms. The topological polar surface area (TPSA) is 54.9 Å². The number of hydrogen-bond acceptors (Lipinski definition) is 3. The first kappa shape index (κ1) is 26.2. The molecule has 0 atom stereocenters. The molecule has 6 heteroatoms. The Labute approximate surface area is 194 Å². The minimum absolute atomic E-state index is 0. The first-order valence-electron chi connectivity index (χ1n) is 10.8. The third kappa shape index (κ3) is 11.8. The van der Waals surface area contributed by atoms with E-state index in [2.05, 4.69) is 61.7 Å². The Morgan fingerprint density at radius 1 is 1.17 bits per heavy atom. The molecular formula is C23H40IN3O2. The van der Waals surface area contributed by atoms with Crippen LogP contribution in [-0.2, 0) is 15.9 Å². The molecule has 1 aromatic rings. The molecule has 166 valence electrons. The first-order chi connectivity index (χ1) is 13.6. The predicted molar refractivity (Wildman–Crippen MR) is 132 cm³/mol. The molecule has 29 heavy (non-hydrogen) atoms. The highest BCUT2D eigenvalue weighted by Gasteiger charge is 2.18. The molecule has 5 nitrogen and oxygen atoms in total. The van der Waals surface area contributed by atoms with Gasteiger partial charge in [-0.3, -0.25) is 4.99 Å². The van der Waals surface area contributed by atoms with Crippen LogP contribution in [0.15, 0.2) is 35.3 Å². The van der Waals surface area contributed by atoms with E-state index in [4.69, 9.17) is 14.5 Å². The Hall–Kier alpha value is -0.860. The zero-order chi connectivity index (χ0) is 20.1. The van der Waals surface area contributed by atoms with E-state index in [1.807, 2.05) is 0 Å². The summed E-state index contributed by atoms with van der Waals surface area (Å²) in [4.78, 5) is 4.81. The normalized spacial score (nSPS) is 15.6. The monoisotopic (exact) mass is 517 g/mol. The summed E-state index contributed by atoms with van der Waals surface area (Å²) < 4.78 is 11.2. The number of hydrogen-bond donors (Lipinski definition) is 2. The second kappa shape index (κ2) is 15.0. The van der Waals surface area contributed by atoms with Gasteiger partial charge in [0.15, 0.2) is 5.96 Å². The average Bonchev–Trinajstić information content (AvgIpc) is 2.70. The van der Waals surface area contributed by atoms with E-state index in [9.17, 15) is 0 Å². The van der Waals surface area contributed by atoms with Crippen molar-refractivity contribution in [1.29, 1.82) is 0 Å². The second-order valence-electron chi connectivity index (χ2n) is 8.43. The number of ether oxygens (including phenoxy) is 2. The Morgan fingerprint density at radius 3 is 2.59 bits per heavy atom. The number of benzene rings is 1. The van der Waals surface area contributed by atoms with Crippen LogP contribution in [0.25, 0.3) is 0 Å². The molecule has 2 rings (SSSR count). The van der Waals surface area contributed by atoms with Crippen molar-refractivity contribution in [2.45, 2.75) is 46.5 Å². The van der Waals surface area contributed by atoms with Gasteiger partial charge in [0, 0.05) is 46.1 Å². The molecule has 0 unspecified atom stereocenters. The number of guanidine groups is 1. The summed E-state index contributed by atoms with van der Waals surface area (Å²) in [6.45, 7) is 12.6. The standard InChI is InChI=1S/C23H39N3O2.HI/c1-4-24-22(25-13-8-14-28-18-21-11-15-27-16-12-21)26-19-23(2,3)17-20-9-6-5-7-10-20;/h5-7,9-10,21H,4,8,11-19H2,1-3H3,(H2,24,25,26);1H. The molecule has 2 N–H and O–H groups in total. The maximum Gasteiger partial charge on any atom is 0.191 e. The van der Waals surface area contributed by atoms with Crippen molar-refractivity contribution in [3.05, 3.63) is 35.9 Å². The molecule has 0 aromatic heterocycles. The van der Waals surface area contributed by atoms with Crippen LogP contribution in [0.5, 0.6) is 0 Å². The SMILES string of the molecule is CCNC(=NCC(C)(C)Cc1ccccc1)NCCCOCC1CCOCC1.I. The van der Waals surface area contributed by atoms with E-state index < -0.39 is 0 Å². The number of rotatable bonds is 11. The van der Waals surface area contributed by atoms with Crippen molar-refractivity contribution in [2.24, 2.45) is 16.3 Å². The summed E-state index contributed by atoms with van der Waals surface area (Å²) >= 11 is 0. The highest BCUT2D eigenvalue weighted by molar-refractivity contribution is 14.0. The van der Waals surface area contributed by atoms with Crippen molar-refractivity contribution in [2.75, 3.05) is 46.1 Å². The lowest BCUT2D eigenvalue weighted by Crippen LogP contribution is -2.39. The fourth-order valence-corrected chi connectivity index (χ4v) is 3.38. The highest BCUT2D eigenvalue weighted by Crippen LogP contribution is 2.22. The summed E-state index contributed by atoms with van der Waals surface area (Å²) in [5, 5.41) is 6.78. The van der Waals surface area contributed by atoms with Gasteiger partial charge in [0.25, 0.3) is 0 Å². The van der Waals surface area contributed by atoms with Crippen molar-refractivity contribution >= 4 is 29.9 Å². The summed E-state index contributed by atoms with van der Waals surface area (Å²) in [7, 11) is 0. The fourth-order valence-electron chi connectivity index (χ4n) is 3.38. The van der Waals surface area contributed by atoms with E-state index in [0.29, 0.717) is 5.92 Å². The lowest BCUT2D eigenvalue weighted by Gasteiger charge is -2.23. The molecular weight excluding hydrogens is 477 g/mol. The quantitative estimate of drug-likeness (QED) is 0.199. The molecule has 0 radical (unpaired) electrons. The van der Waals surface area contributed by atoms with Gasteiger partial charge in [-0.15, -0.1) is 24.0 Å².